The Morgan fingerprint density at radius 1 is 1.14 bits per heavy atom. The first kappa shape index (κ1) is 11.5. The van der Waals surface area contributed by atoms with E-state index >= 15 is 0 Å². The van der Waals surface area contributed by atoms with Gasteiger partial charge in [0.25, 0.3) is 0 Å². The molecule has 0 rings (SSSR count). The van der Waals surface area contributed by atoms with E-state index in [1.165, 1.54) is 6.42 Å². The Morgan fingerprint density at radius 3 is 1.14 bits per heavy atom. The van der Waals surface area contributed by atoms with E-state index in [1.807, 2.05) is 0 Å². The molecule has 7 heavy (non-hydrogen) atoms. The Morgan fingerprint density at radius 2 is 1.14 bits per heavy atom. The van der Waals surface area contributed by atoms with Gasteiger partial charge in [-0.05, 0) is 0 Å². The molecule has 0 heterocycles. The van der Waals surface area contributed by atoms with Crippen LogP contribution in [0, 0.1) is 0 Å². The molecule has 0 aliphatic heterocycles. The molecule has 0 saturated heterocycles. The Kier molecular flexibility index (Phi) is 17.4. The van der Waals surface area contributed by atoms with Crippen molar-refractivity contribution in [2.75, 3.05) is 0 Å². The average molecular weight is 270 g/mol. The summed E-state index contributed by atoms with van der Waals surface area (Å²) in [5.41, 5.74) is 0. The van der Waals surface area contributed by atoms with Crippen molar-refractivity contribution < 1.29 is 0 Å². The zero-order valence-electron chi connectivity index (χ0n) is 4.42. The van der Waals surface area contributed by atoms with Gasteiger partial charge in [0, 0.05) is 0 Å². The van der Waals surface area contributed by atoms with Crippen LogP contribution in [0.4, 0.5) is 0 Å². The minimum absolute atomic E-state index is 1.25. The summed E-state index contributed by atoms with van der Waals surface area (Å²) >= 11 is -2.22. The zero-order chi connectivity index (χ0) is 6.28. The van der Waals surface area contributed by atoms with Gasteiger partial charge in [0.2, 0.25) is 0 Å². The van der Waals surface area contributed by atoms with Gasteiger partial charge < -0.3 is 0 Å². The molecule has 46 valence electrons. The average Bonchev–Trinajstić information content (AvgIpc) is 1.33. The van der Waals surface area contributed by atoms with Gasteiger partial charge >= 0.3 is 43.1 Å². The van der Waals surface area contributed by atoms with Crippen LogP contribution in [-0.2, 0) is 0 Å². The summed E-state index contributed by atoms with van der Waals surface area (Å²) in [6, 6.07) is 0. The SMILES string of the molecule is CCC.[Cl][SnH]([Cl])[Cl]. The van der Waals surface area contributed by atoms with Crippen LogP contribution in [0.25, 0.3) is 0 Å². The maximum absolute atomic E-state index is 5.02. The summed E-state index contributed by atoms with van der Waals surface area (Å²) in [5.74, 6) is 0. The van der Waals surface area contributed by atoms with E-state index in [2.05, 4.69) is 13.8 Å². The molecular weight excluding hydrogens is 261 g/mol. The fourth-order valence-corrected chi connectivity index (χ4v) is 0. The summed E-state index contributed by atoms with van der Waals surface area (Å²) in [6.45, 7) is 4.25. The number of halogens is 3. The third-order valence-electron chi connectivity index (χ3n) is 0. The molecule has 0 aliphatic rings. The van der Waals surface area contributed by atoms with Crippen LogP contribution in [0.2, 0.25) is 0 Å². The van der Waals surface area contributed by atoms with Gasteiger partial charge in [0.1, 0.15) is 0 Å². The van der Waals surface area contributed by atoms with Crippen molar-refractivity contribution in [2.24, 2.45) is 0 Å². The second-order valence-corrected chi connectivity index (χ2v) is 15.6. The van der Waals surface area contributed by atoms with E-state index in [-0.39, 0.29) is 0 Å². The second-order valence-electron chi connectivity index (χ2n) is 0.955. The van der Waals surface area contributed by atoms with Crippen molar-refractivity contribution in [3.05, 3.63) is 0 Å². The molecule has 0 aromatic carbocycles. The van der Waals surface area contributed by atoms with E-state index in [9.17, 15) is 0 Å². The number of hydrogen-bond acceptors (Lipinski definition) is 0. The number of rotatable bonds is 0. The van der Waals surface area contributed by atoms with E-state index in [0.29, 0.717) is 0 Å². The van der Waals surface area contributed by atoms with Gasteiger partial charge in [-0.3, -0.25) is 0 Å². The Labute approximate surface area is 63.0 Å². The zero-order valence-corrected chi connectivity index (χ0v) is 9.98. The van der Waals surface area contributed by atoms with Crippen LogP contribution in [0.3, 0.4) is 0 Å². The predicted molar refractivity (Wildman–Crippen MR) is 40.7 cm³/mol. The standard InChI is InChI=1S/C3H8.3ClH.Sn.H/c1-3-2;;;;;/h3H2,1-2H3;3*1H;;/q;;;;+3;/p-3. The summed E-state index contributed by atoms with van der Waals surface area (Å²) in [7, 11) is 15.0. The van der Waals surface area contributed by atoms with E-state index in [0.717, 1.165) is 0 Å². The fraction of sp³-hybridized carbons (Fsp3) is 1.00. The topological polar surface area (TPSA) is 0 Å². The molecule has 0 aromatic heterocycles. The Bertz CT molecular complexity index is 21.4. The van der Waals surface area contributed by atoms with Crippen LogP contribution in [0.15, 0.2) is 0 Å². The van der Waals surface area contributed by atoms with E-state index in [1.54, 1.807) is 0 Å². The molecule has 0 unspecified atom stereocenters. The molecule has 0 atom stereocenters. The molecule has 0 spiro atoms. The molecule has 0 aliphatic carbocycles. The van der Waals surface area contributed by atoms with Gasteiger partial charge in [-0.2, -0.15) is 0 Å². The minimum atomic E-state index is -2.22. The first-order valence-electron chi connectivity index (χ1n) is 2.07. The summed E-state index contributed by atoms with van der Waals surface area (Å²) in [5, 5.41) is 0. The summed E-state index contributed by atoms with van der Waals surface area (Å²) in [4.78, 5) is 0. The van der Waals surface area contributed by atoms with Crippen molar-refractivity contribution in [2.45, 2.75) is 20.3 Å². The first-order chi connectivity index (χ1) is 3.15. The summed E-state index contributed by atoms with van der Waals surface area (Å²) < 4.78 is 0. The van der Waals surface area contributed by atoms with Crippen LogP contribution >= 0.6 is 26.8 Å². The van der Waals surface area contributed by atoms with Crippen LogP contribution in [0.5, 0.6) is 0 Å². The molecule has 0 nitrogen and oxygen atoms in total. The Balaban J connectivity index is 0. The van der Waals surface area contributed by atoms with E-state index < -0.39 is 16.4 Å². The van der Waals surface area contributed by atoms with Crippen molar-refractivity contribution in [3.8, 4) is 0 Å². The van der Waals surface area contributed by atoms with Gasteiger partial charge in [-0.25, -0.2) is 0 Å². The maximum atomic E-state index is 5.02. The fourth-order valence-electron chi connectivity index (χ4n) is 0. The normalized spacial score (nSPS) is 7.71. The quantitative estimate of drug-likeness (QED) is 0.594. The third kappa shape index (κ3) is 88.5. The molecule has 0 fully saturated rings. The van der Waals surface area contributed by atoms with Crippen LogP contribution < -0.4 is 0 Å². The molecular formula is C3H9Cl3Sn. The molecule has 0 saturated carbocycles. The van der Waals surface area contributed by atoms with Gasteiger partial charge in [-0.15, -0.1) is 0 Å². The molecule has 0 N–H and O–H groups in total. The Hall–Kier alpha value is 1.67. The van der Waals surface area contributed by atoms with Crippen molar-refractivity contribution in [3.63, 3.8) is 0 Å². The van der Waals surface area contributed by atoms with Crippen molar-refractivity contribution in [1.29, 1.82) is 0 Å². The summed E-state index contributed by atoms with van der Waals surface area (Å²) in [6.07, 6.45) is 1.25. The van der Waals surface area contributed by atoms with Crippen molar-refractivity contribution >= 4 is 43.1 Å². The van der Waals surface area contributed by atoms with Gasteiger partial charge in [0.05, 0.1) is 0 Å². The van der Waals surface area contributed by atoms with Crippen LogP contribution in [0.1, 0.15) is 20.3 Å². The van der Waals surface area contributed by atoms with Crippen molar-refractivity contribution in [1.82, 2.24) is 0 Å². The molecule has 0 aromatic rings. The third-order valence-corrected chi connectivity index (χ3v) is 0. The van der Waals surface area contributed by atoms with Gasteiger partial charge in [-0.1, -0.05) is 20.3 Å². The predicted octanol–water partition coefficient (Wildman–Crippen LogP) is 2.84. The molecule has 4 heteroatoms. The number of hydrogen-bond donors (Lipinski definition) is 0. The molecule has 0 bridgehead atoms. The molecule has 0 amide bonds. The second kappa shape index (κ2) is 10.6. The van der Waals surface area contributed by atoms with Gasteiger partial charge in [0.15, 0.2) is 0 Å². The monoisotopic (exact) mass is 270 g/mol. The first-order valence-corrected chi connectivity index (χ1v) is 14.6. The van der Waals surface area contributed by atoms with Crippen LogP contribution in [-0.4, -0.2) is 16.4 Å². The molecule has 0 radical (unpaired) electrons. The van der Waals surface area contributed by atoms with E-state index in [4.69, 9.17) is 26.8 Å².